The molecule has 1 aromatic carbocycles. The van der Waals surface area contributed by atoms with Crippen molar-refractivity contribution in [3.8, 4) is 6.07 Å². The molecule has 1 atom stereocenters. The van der Waals surface area contributed by atoms with Gasteiger partial charge in [-0.15, -0.1) is 0 Å². The average Bonchev–Trinajstić information content (AvgIpc) is 2.58. The molecule has 0 radical (unpaired) electrons. The Morgan fingerprint density at radius 2 is 1.30 bits per heavy atom. The zero-order valence-electron chi connectivity index (χ0n) is 20.5. The van der Waals surface area contributed by atoms with Crippen LogP contribution >= 0.6 is 11.6 Å². The summed E-state index contributed by atoms with van der Waals surface area (Å²) in [6.07, 6.45) is -2.25. The van der Waals surface area contributed by atoms with E-state index in [0.717, 1.165) is 0 Å². The number of hydrogen-bond acceptors (Lipinski definition) is 7. The smallest absolute Gasteiger partial charge is 0.431 e. The van der Waals surface area contributed by atoms with Crippen LogP contribution in [0, 0.1) is 11.3 Å². The lowest BCUT2D eigenvalue weighted by Gasteiger charge is -2.38. The van der Waals surface area contributed by atoms with Gasteiger partial charge in [-0.2, -0.15) is 10.3 Å². The second-order valence-electron chi connectivity index (χ2n) is 10.3. The predicted octanol–water partition coefficient (Wildman–Crippen LogP) is 5.08. The molecule has 0 heterocycles. The van der Waals surface area contributed by atoms with Crippen LogP contribution in [0.2, 0.25) is 5.02 Å². The topological polar surface area (TPSA) is 118 Å². The fourth-order valence-electron chi connectivity index (χ4n) is 2.51. The number of carbonyl (C=O) groups excluding carboxylic acids is 3. The van der Waals surface area contributed by atoms with Crippen LogP contribution in [-0.4, -0.2) is 40.0 Å². The number of nitrogens with one attached hydrogen (secondary N) is 1. The summed E-state index contributed by atoms with van der Waals surface area (Å²) >= 11 is 5.98. The molecular formula is C23H32ClN3O6. The van der Waals surface area contributed by atoms with Gasteiger partial charge in [-0.05, 0) is 74.4 Å². The van der Waals surface area contributed by atoms with Crippen LogP contribution in [0.5, 0.6) is 0 Å². The summed E-state index contributed by atoms with van der Waals surface area (Å²) in [4.78, 5) is 39.3. The van der Waals surface area contributed by atoms with Crippen molar-refractivity contribution in [2.75, 3.05) is 0 Å². The van der Waals surface area contributed by atoms with E-state index in [1.165, 1.54) is 24.3 Å². The van der Waals surface area contributed by atoms with Gasteiger partial charge in [-0.3, -0.25) is 0 Å². The molecule has 0 saturated heterocycles. The van der Waals surface area contributed by atoms with Crippen molar-refractivity contribution < 1.29 is 28.6 Å². The van der Waals surface area contributed by atoms with Gasteiger partial charge >= 0.3 is 18.2 Å². The molecular weight excluding hydrogens is 450 g/mol. The van der Waals surface area contributed by atoms with Crippen LogP contribution in [0.3, 0.4) is 0 Å². The minimum atomic E-state index is -2.46. The van der Waals surface area contributed by atoms with Crippen LogP contribution in [0.15, 0.2) is 24.3 Å². The van der Waals surface area contributed by atoms with Gasteiger partial charge in [0.25, 0.3) is 5.54 Å². The Morgan fingerprint density at radius 1 is 0.848 bits per heavy atom. The van der Waals surface area contributed by atoms with E-state index in [4.69, 9.17) is 25.8 Å². The molecule has 0 bridgehead atoms. The number of hydrogen-bond donors (Lipinski definition) is 1. The molecule has 0 aliphatic heterocycles. The van der Waals surface area contributed by atoms with Gasteiger partial charge in [0.1, 0.15) is 22.9 Å². The maximum absolute atomic E-state index is 13.5. The fraction of sp³-hybridized carbons (Fsp3) is 0.565. The van der Waals surface area contributed by atoms with Crippen LogP contribution in [0.4, 0.5) is 9.59 Å². The van der Waals surface area contributed by atoms with Gasteiger partial charge < -0.3 is 14.2 Å². The zero-order chi connectivity index (χ0) is 25.8. The summed E-state index contributed by atoms with van der Waals surface area (Å²) in [5.41, 5.74) is -3.19. The van der Waals surface area contributed by atoms with Crippen molar-refractivity contribution in [3.63, 3.8) is 0 Å². The second kappa shape index (κ2) is 9.87. The van der Waals surface area contributed by atoms with Crippen molar-refractivity contribution >= 4 is 29.8 Å². The molecule has 0 fully saturated rings. The van der Waals surface area contributed by atoms with Crippen molar-refractivity contribution in [1.82, 2.24) is 10.4 Å². The maximum Gasteiger partial charge on any atom is 0.431 e. The van der Waals surface area contributed by atoms with E-state index >= 15 is 0 Å². The summed E-state index contributed by atoms with van der Waals surface area (Å²) < 4.78 is 16.1. The van der Waals surface area contributed by atoms with E-state index in [-0.39, 0.29) is 5.56 Å². The molecule has 182 valence electrons. The zero-order valence-corrected chi connectivity index (χ0v) is 21.3. The number of benzene rings is 1. The number of ether oxygens (including phenoxy) is 3. The number of halogens is 1. The molecule has 2 amide bonds. The molecule has 10 heteroatoms. The van der Waals surface area contributed by atoms with Gasteiger partial charge in [-0.25, -0.2) is 19.8 Å². The molecule has 0 aromatic heterocycles. The lowest BCUT2D eigenvalue weighted by molar-refractivity contribution is -0.168. The SMILES string of the molecule is CC(C)(C)OC(=O)NN(C(=O)OC(C)(C)C)[C@@](C#N)(C(=O)OC(C)(C)C)c1ccc(Cl)cc1. The third-order valence-electron chi connectivity index (χ3n) is 3.63. The number of esters is 1. The highest BCUT2D eigenvalue weighted by atomic mass is 35.5. The minimum absolute atomic E-state index is 0.0190. The standard InChI is InChI=1S/C23H32ClN3O6/c1-20(2,3)31-17(28)23(14-25,15-10-12-16(24)13-11-15)27(19(30)33-22(7,8)9)26-18(29)32-21(4,5)6/h10-13H,1-9H3,(H,26,29)/t23-/m1/s1. The Kier molecular flexibility index (Phi) is 8.39. The van der Waals surface area contributed by atoms with Crippen LogP contribution < -0.4 is 5.43 Å². The number of rotatable bonds is 3. The lowest BCUT2D eigenvalue weighted by Crippen LogP contribution is -2.63. The second-order valence-corrected chi connectivity index (χ2v) is 10.7. The number of amides is 2. The van der Waals surface area contributed by atoms with E-state index in [1.807, 2.05) is 6.07 Å². The van der Waals surface area contributed by atoms with Crippen LogP contribution in [-0.2, 0) is 24.5 Å². The number of nitriles is 1. The Labute approximate surface area is 199 Å². The third kappa shape index (κ3) is 8.13. The van der Waals surface area contributed by atoms with Crippen molar-refractivity contribution in [2.24, 2.45) is 0 Å². The maximum atomic E-state index is 13.5. The predicted molar refractivity (Wildman–Crippen MR) is 122 cm³/mol. The van der Waals surface area contributed by atoms with E-state index in [1.54, 1.807) is 62.3 Å². The summed E-state index contributed by atoms with van der Waals surface area (Å²) in [5.74, 6) is -1.11. The molecule has 9 nitrogen and oxygen atoms in total. The Hall–Kier alpha value is -2.99. The van der Waals surface area contributed by atoms with E-state index in [9.17, 15) is 19.6 Å². The molecule has 0 aliphatic rings. The molecule has 0 saturated carbocycles. The Balaban J connectivity index is 3.77. The molecule has 33 heavy (non-hydrogen) atoms. The summed E-state index contributed by atoms with van der Waals surface area (Å²) in [6, 6.07) is 7.48. The monoisotopic (exact) mass is 481 g/mol. The van der Waals surface area contributed by atoms with Crippen molar-refractivity contribution in [3.05, 3.63) is 34.9 Å². The average molecular weight is 482 g/mol. The Bertz CT molecular complexity index is 920. The molecule has 1 rings (SSSR count). The molecule has 1 aromatic rings. The molecule has 0 spiro atoms. The van der Waals surface area contributed by atoms with Crippen molar-refractivity contribution in [1.29, 1.82) is 5.26 Å². The number of carbonyl (C=O) groups is 3. The first-order valence-electron chi connectivity index (χ1n) is 10.2. The third-order valence-corrected chi connectivity index (χ3v) is 3.88. The Morgan fingerprint density at radius 3 is 1.70 bits per heavy atom. The van der Waals surface area contributed by atoms with Gasteiger partial charge in [-0.1, -0.05) is 23.7 Å². The highest BCUT2D eigenvalue weighted by molar-refractivity contribution is 6.30. The first kappa shape index (κ1) is 28.0. The van der Waals surface area contributed by atoms with Gasteiger partial charge in [0.2, 0.25) is 0 Å². The number of nitrogens with zero attached hydrogens (tertiary/aromatic N) is 2. The normalized spacial score (nSPS) is 13.7. The summed E-state index contributed by atoms with van der Waals surface area (Å²) in [6.45, 7) is 14.5. The highest BCUT2D eigenvalue weighted by Crippen LogP contribution is 2.33. The fourth-order valence-corrected chi connectivity index (χ4v) is 2.63. The molecule has 0 unspecified atom stereocenters. The summed E-state index contributed by atoms with van der Waals surface area (Å²) in [5, 5.41) is 11.1. The van der Waals surface area contributed by atoms with Crippen molar-refractivity contribution in [2.45, 2.75) is 84.7 Å². The molecule has 0 aliphatic carbocycles. The molecule has 1 N–H and O–H groups in total. The first-order chi connectivity index (χ1) is 14.8. The first-order valence-corrected chi connectivity index (χ1v) is 10.6. The largest absolute Gasteiger partial charge is 0.457 e. The van der Waals surface area contributed by atoms with Crippen LogP contribution in [0.25, 0.3) is 0 Å². The quantitative estimate of drug-likeness (QED) is 0.363. The van der Waals surface area contributed by atoms with E-state index < -0.39 is 40.5 Å². The number of hydrazine groups is 1. The van der Waals surface area contributed by atoms with E-state index in [2.05, 4.69) is 5.43 Å². The lowest BCUT2D eigenvalue weighted by atomic mass is 9.90. The summed E-state index contributed by atoms with van der Waals surface area (Å²) in [7, 11) is 0. The van der Waals surface area contributed by atoms with Gasteiger partial charge in [0.05, 0.1) is 0 Å². The van der Waals surface area contributed by atoms with Gasteiger partial charge in [0.15, 0.2) is 0 Å². The highest BCUT2D eigenvalue weighted by Gasteiger charge is 2.54. The van der Waals surface area contributed by atoms with E-state index in [0.29, 0.717) is 10.0 Å². The van der Waals surface area contributed by atoms with Gasteiger partial charge in [0, 0.05) is 10.6 Å². The van der Waals surface area contributed by atoms with Crippen LogP contribution in [0.1, 0.15) is 67.9 Å². The minimum Gasteiger partial charge on any atom is -0.457 e.